The van der Waals surface area contributed by atoms with Crippen LogP contribution in [0.2, 0.25) is 0 Å². The minimum Gasteiger partial charge on any atom is -0.490 e. The minimum absolute atomic E-state index is 0.191. The minimum atomic E-state index is 0.191. The van der Waals surface area contributed by atoms with E-state index < -0.39 is 0 Å². The lowest BCUT2D eigenvalue weighted by molar-refractivity contribution is 0.174. The third kappa shape index (κ3) is 5.09. The van der Waals surface area contributed by atoms with Crippen molar-refractivity contribution in [2.45, 2.75) is 13.5 Å². The van der Waals surface area contributed by atoms with E-state index in [9.17, 15) is 5.26 Å². The van der Waals surface area contributed by atoms with Crippen molar-refractivity contribution in [3.63, 3.8) is 0 Å². The van der Waals surface area contributed by atoms with Crippen LogP contribution in [0.15, 0.2) is 63.5 Å². The summed E-state index contributed by atoms with van der Waals surface area (Å²) in [6.07, 6.45) is 1.81. The molecule has 5 nitrogen and oxygen atoms in total. The molecule has 3 aromatic rings. The number of rotatable bonds is 7. The molecular formula is C25H19Br2NO4. The first-order valence-corrected chi connectivity index (χ1v) is 11.5. The van der Waals surface area contributed by atoms with Crippen molar-refractivity contribution >= 4 is 43.5 Å². The van der Waals surface area contributed by atoms with Crippen molar-refractivity contribution < 1.29 is 18.9 Å². The molecular weight excluding hydrogens is 538 g/mol. The first-order chi connectivity index (χ1) is 15.6. The third-order valence-corrected chi connectivity index (χ3v) is 5.86. The lowest BCUT2D eigenvalue weighted by atomic mass is 10.0. The van der Waals surface area contributed by atoms with Gasteiger partial charge in [-0.2, -0.15) is 5.26 Å². The van der Waals surface area contributed by atoms with Gasteiger partial charge in [0.2, 0.25) is 6.79 Å². The van der Waals surface area contributed by atoms with Crippen LogP contribution in [-0.2, 0) is 6.61 Å². The molecule has 0 atom stereocenters. The smallest absolute Gasteiger partial charge is 0.231 e. The number of allylic oxidation sites excluding steroid dienone is 1. The first kappa shape index (κ1) is 22.3. The molecule has 3 aromatic carbocycles. The van der Waals surface area contributed by atoms with Crippen LogP contribution in [0.5, 0.6) is 23.0 Å². The standard InChI is InChI=1S/C25H19Br2NO4/c1-2-29-24-11-17(9-19(13-28)18-5-8-22-23(12-18)32-15-31-22)10-21(27)25(24)30-14-16-3-6-20(26)7-4-16/h3-12H,2,14-15H2,1H3/b19-9-. The molecule has 0 saturated heterocycles. The molecule has 0 bridgehead atoms. The largest absolute Gasteiger partial charge is 0.490 e. The second-order valence-electron chi connectivity index (χ2n) is 6.92. The zero-order valence-electron chi connectivity index (χ0n) is 17.2. The Balaban J connectivity index is 1.62. The van der Waals surface area contributed by atoms with E-state index in [2.05, 4.69) is 37.9 Å². The van der Waals surface area contributed by atoms with Crippen molar-refractivity contribution in [2.24, 2.45) is 0 Å². The van der Waals surface area contributed by atoms with E-state index in [1.54, 1.807) is 0 Å². The molecule has 0 spiro atoms. The van der Waals surface area contributed by atoms with Gasteiger partial charge in [-0.3, -0.25) is 0 Å². The summed E-state index contributed by atoms with van der Waals surface area (Å²) in [6, 6.07) is 19.5. The Hall–Kier alpha value is -2.95. The first-order valence-electron chi connectivity index (χ1n) is 9.92. The predicted octanol–water partition coefficient (Wildman–Crippen LogP) is 6.98. The summed E-state index contributed by atoms with van der Waals surface area (Å²) < 4.78 is 24.5. The maximum Gasteiger partial charge on any atom is 0.231 e. The quantitative estimate of drug-likeness (QED) is 0.232. The van der Waals surface area contributed by atoms with Crippen LogP contribution in [0.1, 0.15) is 23.6 Å². The highest BCUT2D eigenvalue weighted by atomic mass is 79.9. The van der Waals surface area contributed by atoms with Gasteiger partial charge < -0.3 is 18.9 Å². The van der Waals surface area contributed by atoms with Gasteiger partial charge in [0.25, 0.3) is 0 Å². The Kier molecular flexibility index (Phi) is 7.03. The number of benzene rings is 3. The highest BCUT2D eigenvalue weighted by Crippen LogP contribution is 2.39. The fraction of sp³-hybridized carbons (Fsp3) is 0.160. The Morgan fingerprint density at radius 3 is 2.56 bits per heavy atom. The average molecular weight is 557 g/mol. The fourth-order valence-corrected chi connectivity index (χ4v) is 4.06. The van der Waals surface area contributed by atoms with Gasteiger partial charge in [0.1, 0.15) is 6.61 Å². The number of fused-ring (bicyclic) bond motifs is 1. The van der Waals surface area contributed by atoms with E-state index in [1.807, 2.05) is 67.6 Å². The molecule has 0 fully saturated rings. The molecule has 0 aromatic heterocycles. The molecule has 1 aliphatic heterocycles. The summed E-state index contributed by atoms with van der Waals surface area (Å²) in [5.41, 5.74) is 3.11. The molecule has 1 aliphatic rings. The Morgan fingerprint density at radius 1 is 1.03 bits per heavy atom. The Labute approximate surface area is 203 Å². The van der Waals surface area contributed by atoms with Crippen LogP contribution < -0.4 is 18.9 Å². The van der Waals surface area contributed by atoms with Gasteiger partial charge in [-0.15, -0.1) is 0 Å². The van der Waals surface area contributed by atoms with Crippen LogP contribution in [-0.4, -0.2) is 13.4 Å². The topological polar surface area (TPSA) is 60.7 Å². The zero-order valence-corrected chi connectivity index (χ0v) is 20.4. The summed E-state index contributed by atoms with van der Waals surface area (Å²) in [5.74, 6) is 2.54. The lowest BCUT2D eigenvalue weighted by Crippen LogP contribution is -2.01. The highest BCUT2D eigenvalue weighted by molar-refractivity contribution is 9.10. The molecule has 0 saturated carbocycles. The molecule has 162 valence electrons. The van der Waals surface area contributed by atoms with Crippen LogP contribution in [0.25, 0.3) is 11.6 Å². The van der Waals surface area contributed by atoms with Crippen LogP contribution >= 0.6 is 31.9 Å². The van der Waals surface area contributed by atoms with Gasteiger partial charge >= 0.3 is 0 Å². The molecule has 0 aliphatic carbocycles. The molecule has 0 N–H and O–H groups in total. The molecule has 7 heteroatoms. The normalized spacial score (nSPS) is 12.4. The van der Waals surface area contributed by atoms with Crippen LogP contribution in [0.4, 0.5) is 0 Å². The van der Waals surface area contributed by atoms with Gasteiger partial charge in [-0.05, 0) is 88.1 Å². The van der Waals surface area contributed by atoms with E-state index in [1.165, 1.54) is 0 Å². The SMILES string of the molecule is CCOc1cc(/C=C(/C#N)c2ccc3c(c2)OCO3)cc(Br)c1OCc1ccc(Br)cc1. The van der Waals surface area contributed by atoms with E-state index in [-0.39, 0.29) is 6.79 Å². The van der Waals surface area contributed by atoms with Gasteiger partial charge in [-0.25, -0.2) is 0 Å². The number of ether oxygens (including phenoxy) is 4. The molecule has 0 amide bonds. The third-order valence-electron chi connectivity index (χ3n) is 4.74. The number of nitrogens with zero attached hydrogens (tertiary/aromatic N) is 1. The van der Waals surface area contributed by atoms with Gasteiger partial charge in [-0.1, -0.05) is 28.1 Å². The number of hydrogen-bond acceptors (Lipinski definition) is 5. The Morgan fingerprint density at radius 2 is 1.81 bits per heavy atom. The van der Waals surface area contributed by atoms with Crippen LogP contribution in [0, 0.1) is 11.3 Å². The average Bonchev–Trinajstić information content (AvgIpc) is 3.26. The van der Waals surface area contributed by atoms with E-state index in [0.29, 0.717) is 41.8 Å². The molecule has 4 rings (SSSR count). The van der Waals surface area contributed by atoms with Crippen molar-refractivity contribution in [3.8, 4) is 29.1 Å². The van der Waals surface area contributed by atoms with Crippen molar-refractivity contribution in [2.75, 3.05) is 13.4 Å². The van der Waals surface area contributed by atoms with Crippen molar-refractivity contribution in [1.29, 1.82) is 5.26 Å². The number of halogens is 2. The fourth-order valence-electron chi connectivity index (χ4n) is 3.22. The summed E-state index contributed by atoms with van der Waals surface area (Å²) in [6.45, 7) is 3.00. The number of hydrogen-bond donors (Lipinski definition) is 0. The number of nitriles is 1. The summed E-state index contributed by atoms with van der Waals surface area (Å²) in [5, 5.41) is 9.75. The maximum atomic E-state index is 9.75. The van der Waals surface area contributed by atoms with Crippen LogP contribution in [0.3, 0.4) is 0 Å². The van der Waals surface area contributed by atoms with Crippen molar-refractivity contribution in [1.82, 2.24) is 0 Å². The summed E-state index contributed by atoms with van der Waals surface area (Å²) in [4.78, 5) is 0. The molecule has 32 heavy (non-hydrogen) atoms. The maximum absolute atomic E-state index is 9.75. The van der Waals surface area contributed by atoms with E-state index in [4.69, 9.17) is 18.9 Å². The zero-order chi connectivity index (χ0) is 22.5. The van der Waals surface area contributed by atoms with E-state index in [0.717, 1.165) is 25.6 Å². The summed E-state index contributed by atoms with van der Waals surface area (Å²) in [7, 11) is 0. The molecule has 1 heterocycles. The monoisotopic (exact) mass is 555 g/mol. The van der Waals surface area contributed by atoms with Gasteiger partial charge in [0.15, 0.2) is 23.0 Å². The second kappa shape index (κ2) is 10.1. The molecule has 0 radical (unpaired) electrons. The summed E-state index contributed by atoms with van der Waals surface area (Å²) >= 11 is 7.04. The Bertz CT molecular complexity index is 1200. The highest BCUT2D eigenvalue weighted by Gasteiger charge is 2.16. The second-order valence-corrected chi connectivity index (χ2v) is 8.69. The van der Waals surface area contributed by atoms with Crippen molar-refractivity contribution in [3.05, 3.63) is 80.2 Å². The predicted molar refractivity (Wildman–Crippen MR) is 130 cm³/mol. The lowest BCUT2D eigenvalue weighted by Gasteiger charge is -2.15. The van der Waals surface area contributed by atoms with Gasteiger partial charge in [0.05, 0.1) is 22.7 Å². The molecule has 0 unspecified atom stereocenters. The van der Waals surface area contributed by atoms with E-state index >= 15 is 0 Å². The van der Waals surface area contributed by atoms with Gasteiger partial charge in [0, 0.05) is 4.47 Å².